The first-order valence-corrected chi connectivity index (χ1v) is 5.93. The highest BCUT2D eigenvalue weighted by atomic mass is 19.1. The van der Waals surface area contributed by atoms with Gasteiger partial charge in [-0.2, -0.15) is 0 Å². The van der Waals surface area contributed by atoms with Crippen LogP contribution in [0.4, 0.5) is 15.8 Å². The number of ether oxygens (including phenoxy) is 1. The number of hydrogen-bond donors (Lipinski definition) is 1. The van der Waals surface area contributed by atoms with E-state index in [4.69, 9.17) is 4.74 Å². The third-order valence-corrected chi connectivity index (χ3v) is 2.75. The second-order valence-electron chi connectivity index (χ2n) is 4.10. The van der Waals surface area contributed by atoms with Crippen molar-refractivity contribution in [1.82, 2.24) is 0 Å². The average Bonchev–Trinajstić information content (AvgIpc) is 2.46. The molecule has 0 heterocycles. The number of nitro benzene ring substituents is 1. The fourth-order valence-corrected chi connectivity index (χ4v) is 1.73. The topological polar surface area (TPSA) is 64.4 Å². The number of nitrogens with one attached hydrogen (secondary N) is 1. The molecular weight excluding hydrogens is 263 g/mol. The minimum absolute atomic E-state index is 0.00675. The van der Waals surface area contributed by atoms with E-state index in [9.17, 15) is 14.5 Å². The van der Waals surface area contributed by atoms with Crippen LogP contribution in [0, 0.1) is 15.9 Å². The molecular formula is C14H13FN2O3. The van der Waals surface area contributed by atoms with Crippen molar-refractivity contribution >= 4 is 11.4 Å². The number of hydrogen-bond acceptors (Lipinski definition) is 4. The first kappa shape index (κ1) is 13.8. The lowest BCUT2D eigenvalue weighted by Crippen LogP contribution is -2.00. The SMILES string of the molecule is CNc1ccc(COc2ccc(F)cc2)cc1[N+](=O)[O-]. The van der Waals surface area contributed by atoms with E-state index in [0.29, 0.717) is 17.0 Å². The molecule has 2 rings (SSSR count). The van der Waals surface area contributed by atoms with E-state index in [1.54, 1.807) is 19.2 Å². The van der Waals surface area contributed by atoms with Crippen LogP contribution in [0.1, 0.15) is 5.56 Å². The number of benzene rings is 2. The van der Waals surface area contributed by atoms with Crippen LogP contribution >= 0.6 is 0 Å². The molecule has 0 bridgehead atoms. The van der Waals surface area contributed by atoms with E-state index >= 15 is 0 Å². The summed E-state index contributed by atoms with van der Waals surface area (Å²) in [5.41, 5.74) is 1.10. The Morgan fingerprint density at radius 1 is 1.25 bits per heavy atom. The smallest absolute Gasteiger partial charge is 0.292 e. The lowest BCUT2D eigenvalue weighted by atomic mass is 10.2. The monoisotopic (exact) mass is 276 g/mol. The molecule has 0 aliphatic heterocycles. The average molecular weight is 276 g/mol. The van der Waals surface area contributed by atoms with Crippen LogP contribution < -0.4 is 10.1 Å². The van der Waals surface area contributed by atoms with Crippen LogP contribution in [-0.2, 0) is 6.61 Å². The van der Waals surface area contributed by atoms with Gasteiger partial charge in [0.15, 0.2) is 0 Å². The number of anilines is 1. The van der Waals surface area contributed by atoms with Crippen LogP contribution in [0.5, 0.6) is 5.75 Å². The molecule has 0 aliphatic carbocycles. The molecule has 20 heavy (non-hydrogen) atoms. The Balaban J connectivity index is 2.11. The molecule has 5 nitrogen and oxygen atoms in total. The molecule has 0 spiro atoms. The van der Waals surface area contributed by atoms with E-state index in [-0.39, 0.29) is 18.1 Å². The zero-order chi connectivity index (χ0) is 14.5. The van der Waals surface area contributed by atoms with Gasteiger partial charge in [0.2, 0.25) is 0 Å². The van der Waals surface area contributed by atoms with E-state index in [1.807, 2.05) is 0 Å². The number of halogens is 1. The summed E-state index contributed by atoms with van der Waals surface area (Å²) in [5.74, 6) is 0.165. The van der Waals surface area contributed by atoms with Gasteiger partial charge in [-0.25, -0.2) is 4.39 Å². The van der Waals surface area contributed by atoms with E-state index in [0.717, 1.165) is 0 Å². The summed E-state index contributed by atoms with van der Waals surface area (Å²) in [6.07, 6.45) is 0. The van der Waals surface area contributed by atoms with Gasteiger partial charge < -0.3 is 10.1 Å². The van der Waals surface area contributed by atoms with Gasteiger partial charge in [0.25, 0.3) is 5.69 Å². The zero-order valence-corrected chi connectivity index (χ0v) is 10.8. The summed E-state index contributed by atoms with van der Waals surface area (Å²) in [4.78, 5) is 10.5. The third kappa shape index (κ3) is 3.23. The molecule has 0 saturated heterocycles. The Morgan fingerprint density at radius 2 is 1.95 bits per heavy atom. The fraction of sp³-hybridized carbons (Fsp3) is 0.143. The van der Waals surface area contributed by atoms with Crippen molar-refractivity contribution in [2.45, 2.75) is 6.61 Å². The minimum Gasteiger partial charge on any atom is -0.489 e. The second kappa shape index (κ2) is 6.01. The normalized spacial score (nSPS) is 10.1. The van der Waals surface area contributed by atoms with Crippen molar-refractivity contribution in [1.29, 1.82) is 0 Å². The van der Waals surface area contributed by atoms with Gasteiger partial charge in [-0.05, 0) is 35.9 Å². The van der Waals surface area contributed by atoms with Crippen molar-refractivity contribution in [3.05, 3.63) is 64.0 Å². The largest absolute Gasteiger partial charge is 0.489 e. The highest BCUT2D eigenvalue weighted by Crippen LogP contribution is 2.25. The fourth-order valence-electron chi connectivity index (χ4n) is 1.73. The summed E-state index contributed by atoms with van der Waals surface area (Å²) in [6.45, 7) is 0.177. The Morgan fingerprint density at radius 3 is 2.55 bits per heavy atom. The number of nitro groups is 1. The molecule has 6 heteroatoms. The summed E-state index contributed by atoms with van der Waals surface area (Å²) in [6, 6.07) is 10.4. The molecule has 0 fully saturated rings. The van der Waals surface area contributed by atoms with Gasteiger partial charge in [-0.1, -0.05) is 6.07 Å². The summed E-state index contributed by atoms with van der Waals surface area (Å²) in [5, 5.41) is 13.7. The highest BCUT2D eigenvalue weighted by Gasteiger charge is 2.13. The lowest BCUT2D eigenvalue weighted by molar-refractivity contribution is -0.384. The minimum atomic E-state index is -0.451. The molecule has 0 amide bonds. The lowest BCUT2D eigenvalue weighted by Gasteiger charge is -2.08. The van der Waals surface area contributed by atoms with Crippen molar-refractivity contribution in [2.24, 2.45) is 0 Å². The molecule has 0 radical (unpaired) electrons. The number of rotatable bonds is 5. The van der Waals surface area contributed by atoms with Gasteiger partial charge in [0, 0.05) is 13.1 Å². The van der Waals surface area contributed by atoms with E-state index in [1.165, 1.54) is 30.3 Å². The van der Waals surface area contributed by atoms with Crippen molar-refractivity contribution in [2.75, 3.05) is 12.4 Å². The predicted octanol–water partition coefficient (Wildman–Crippen LogP) is 3.35. The Hall–Kier alpha value is -2.63. The van der Waals surface area contributed by atoms with Crippen molar-refractivity contribution < 1.29 is 14.1 Å². The molecule has 2 aromatic rings. The van der Waals surface area contributed by atoms with Crippen LogP contribution in [-0.4, -0.2) is 12.0 Å². The maximum atomic E-state index is 12.7. The summed E-state index contributed by atoms with van der Waals surface area (Å²) in [7, 11) is 1.62. The quantitative estimate of drug-likeness (QED) is 0.671. The molecule has 0 aliphatic rings. The van der Waals surface area contributed by atoms with Crippen LogP contribution in [0.15, 0.2) is 42.5 Å². The Bertz CT molecular complexity index is 614. The van der Waals surface area contributed by atoms with E-state index in [2.05, 4.69) is 5.32 Å². The zero-order valence-electron chi connectivity index (χ0n) is 10.8. The molecule has 0 saturated carbocycles. The maximum absolute atomic E-state index is 12.7. The van der Waals surface area contributed by atoms with Gasteiger partial charge in [-0.15, -0.1) is 0 Å². The van der Waals surface area contributed by atoms with Crippen LogP contribution in [0.3, 0.4) is 0 Å². The number of nitrogens with zero attached hydrogens (tertiary/aromatic N) is 1. The molecule has 0 aromatic heterocycles. The molecule has 0 atom stereocenters. The predicted molar refractivity (Wildman–Crippen MR) is 73.4 cm³/mol. The van der Waals surface area contributed by atoms with Crippen LogP contribution in [0.2, 0.25) is 0 Å². The van der Waals surface area contributed by atoms with Crippen LogP contribution in [0.25, 0.3) is 0 Å². The van der Waals surface area contributed by atoms with Gasteiger partial charge in [0.1, 0.15) is 23.9 Å². The molecule has 104 valence electrons. The maximum Gasteiger partial charge on any atom is 0.292 e. The molecule has 1 N–H and O–H groups in total. The molecule has 2 aromatic carbocycles. The van der Waals surface area contributed by atoms with Gasteiger partial charge in [-0.3, -0.25) is 10.1 Å². The second-order valence-corrected chi connectivity index (χ2v) is 4.10. The first-order valence-electron chi connectivity index (χ1n) is 5.93. The van der Waals surface area contributed by atoms with Gasteiger partial charge >= 0.3 is 0 Å². The third-order valence-electron chi connectivity index (χ3n) is 2.75. The molecule has 0 unspecified atom stereocenters. The van der Waals surface area contributed by atoms with E-state index < -0.39 is 4.92 Å². The first-order chi connectivity index (χ1) is 9.60. The summed E-state index contributed by atoms with van der Waals surface area (Å²) >= 11 is 0. The summed E-state index contributed by atoms with van der Waals surface area (Å²) < 4.78 is 18.2. The Kier molecular flexibility index (Phi) is 4.14. The van der Waals surface area contributed by atoms with Gasteiger partial charge in [0.05, 0.1) is 4.92 Å². The van der Waals surface area contributed by atoms with Crippen molar-refractivity contribution in [3.8, 4) is 5.75 Å². The Labute approximate surface area is 115 Å². The highest BCUT2D eigenvalue weighted by molar-refractivity contribution is 5.62. The standard InChI is InChI=1S/C14H13FN2O3/c1-16-13-7-2-10(8-14(13)17(18)19)9-20-12-5-3-11(15)4-6-12/h2-8,16H,9H2,1H3. The van der Waals surface area contributed by atoms with Crippen molar-refractivity contribution in [3.63, 3.8) is 0 Å².